The van der Waals surface area contributed by atoms with Gasteiger partial charge in [0.1, 0.15) is 5.75 Å². The zero-order chi connectivity index (χ0) is 16.0. The Kier molecular flexibility index (Phi) is 3.70. The zero-order valence-corrected chi connectivity index (χ0v) is 14.1. The summed E-state index contributed by atoms with van der Waals surface area (Å²) in [5.74, 6) is 1.23. The van der Waals surface area contributed by atoms with Gasteiger partial charge in [0.2, 0.25) is 0 Å². The third kappa shape index (κ3) is 2.05. The molecule has 1 aromatic carbocycles. The standard InChI is InChI=1S/C19H26O3/c1-18-10-5-11-19(2,17(20)22-4)16(18)9-6-13-12-14(21-3)7-8-15(13)18/h7-8,12,16H,5-6,9-11H2,1-4H3. The Morgan fingerprint density at radius 3 is 2.68 bits per heavy atom. The van der Waals surface area contributed by atoms with Crippen molar-refractivity contribution < 1.29 is 14.3 Å². The molecule has 3 rings (SSSR count). The lowest BCUT2D eigenvalue weighted by Crippen LogP contribution is -2.52. The van der Waals surface area contributed by atoms with Crippen LogP contribution < -0.4 is 4.74 Å². The summed E-state index contributed by atoms with van der Waals surface area (Å²) in [6.07, 6.45) is 5.21. The van der Waals surface area contributed by atoms with E-state index in [1.165, 1.54) is 18.2 Å². The van der Waals surface area contributed by atoms with E-state index in [2.05, 4.69) is 32.0 Å². The van der Waals surface area contributed by atoms with Gasteiger partial charge < -0.3 is 9.47 Å². The van der Waals surface area contributed by atoms with Gasteiger partial charge in [-0.25, -0.2) is 0 Å². The van der Waals surface area contributed by atoms with Crippen molar-refractivity contribution in [2.24, 2.45) is 11.3 Å². The number of esters is 1. The lowest BCUT2D eigenvalue weighted by Gasteiger charge is -2.54. The third-order valence-corrected chi connectivity index (χ3v) is 6.21. The number of aryl methyl sites for hydroxylation is 1. The van der Waals surface area contributed by atoms with Gasteiger partial charge in [0.05, 0.1) is 19.6 Å². The molecule has 2 aliphatic rings. The van der Waals surface area contributed by atoms with Crippen LogP contribution in [0, 0.1) is 11.3 Å². The van der Waals surface area contributed by atoms with Gasteiger partial charge in [-0.05, 0) is 67.2 Å². The van der Waals surface area contributed by atoms with E-state index >= 15 is 0 Å². The second kappa shape index (κ2) is 5.29. The highest BCUT2D eigenvalue weighted by Crippen LogP contribution is 2.57. The minimum absolute atomic E-state index is 0.0413. The van der Waals surface area contributed by atoms with E-state index < -0.39 is 0 Å². The fourth-order valence-corrected chi connectivity index (χ4v) is 5.07. The molecule has 0 bridgehead atoms. The normalized spacial score (nSPS) is 33.5. The number of hydrogen-bond acceptors (Lipinski definition) is 3. The monoisotopic (exact) mass is 302 g/mol. The first-order chi connectivity index (χ1) is 10.5. The van der Waals surface area contributed by atoms with Gasteiger partial charge in [-0.15, -0.1) is 0 Å². The van der Waals surface area contributed by atoms with Crippen molar-refractivity contribution in [3.63, 3.8) is 0 Å². The van der Waals surface area contributed by atoms with Gasteiger partial charge in [0, 0.05) is 0 Å². The first kappa shape index (κ1) is 15.4. The van der Waals surface area contributed by atoms with Gasteiger partial charge >= 0.3 is 5.97 Å². The zero-order valence-electron chi connectivity index (χ0n) is 14.1. The molecular weight excluding hydrogens is 276 g/mol. The van der Waals surface area contributed by atoms with Gasteiger partial charge in [-0.1, -0.05) is 19.4 Å². The number of ether oxygens (including phenoxy) is 2. The molecule has 3 atom stereocenters. The number of benzene rings is 1. The minimum Gasteiger partial charge on any atom is -0.497 e. The highest BCUT2D eigenvalue weighted by molar-refractivity contribution is 5.77. The van der Waals surface area contributed by atoms with E-state index in [0.717, 1.165) is 37.9 Å². The largest absolute Gasteiger partial charge is 0.497 e. The molecule has 3 unspecified atom stereocenters. The summed E-state index contributed by atoms with van der Waals surface area (Å²) in [4.78, 5) is 12.5. The fraction of sp³-hybridized carbons (Fsp3) is 0.632. The summed E-state index contributed by atoms with van der Waals surface area (Å²) >= 11 is 0. The van der Waals surface area contributed by atoms with Crippen LogP contribution in [-0.4, -0.2) is 20.2 Å². The first-order valence-electron chi connectivity index (χ1n) is 8.21. The highest BCUT2D eigenvalue weighted by atomic mass is 16.5. The predicted molar refractivity (Wildman–Crippen MR) is 86.1 cm³/mol. The predicted octanol–water partition coefficient (Wildman–Crippen LogP) is 3.88. The molecule has 0 heterocycles. The van der Waals surface area contributed by atoms with Gasteiger partial charge in [-0.3, -0.25) is 4.79 Å². The second-order valence-corrected chi connectivity index (χ2v) is 7.29. The van der Waals surface area contributed by atoms with E-state index in [1.807, 2.05) is 0 Å². The maximum absolute atomic E-state index is 12.5. The van der Waals surface area contributed by atoms with Crippen LogP contribution in [0.1, 0.15) is 50.7 Å². The van der Waals surface area contributed by atoms with Crippen molar-refractivity contribution in [2.75, 3.05) is 14.2 Å². The molecule has 2 aliphatic carbocycles. The Morgan fingerprint density at radius 2 is 2.00 bits per heavy atom. The SMILES string of the molecule is COC(=O)C1(C)CCCC2(C)c3ccc(OC)cc3CCC12. The van der Waals surface area contributed by atoms with Crippen molar-refractivity contribution >= 4 is 5.97 Å². The van der Waals surface area contributed by atoms with Crippen LogP contribution in [0.5, 0.6) is 5.75 Å². The van der Waals surface area contributed by atoms with Crippen molar-refractivity contribution in [3.05, 3.63) is 29.3 Å². The first-order valence-corrected chi connectivity index (χ1v) is 8.21. The van der Waals surface area contributed by atoms with E-state index in [4.69, 9.17) is 9.47 Å². The molecule has 22 heavy (non-hydrogen) atoms. The fourth-order valence-electron chi connectivity index (χ4n) is 5.07. The van der Waals surface area contributed by atoms with Crippen LogP contribution in [0.3, 0.4) is 0 Å². The molecule has 0 spiro atoms. The summed E-state index contributed by atoms with van der Waals surface area (Å²) in [5.41, 5.74) is 2.48. The van der Waals surface area contributed by atoms with Gasteiger partial charge in [-0.2, -0.15) is 0 Å². The molecule has 120 valence electrons. The summed E-state index contributed by atoms with van der Waals surface area (Å²) < 4.78 is 10.5. The molecule has 1 saturated carbocycles. The summed E-state index contributed by atoms with van der Waals surface area (Å²) in [6.45, 7) is 4.44. The molecule has 0 radical (unpaired) electrons. The third-order valence-electron chi connectivity index (χ3n) is 6.21. The lowest BCUT2D eigenvalue weighted by atomic mass is 9.50. The van der Waals surface area contributed by atoms with Crippen LogP contribution >= 0.6 is 0 Å². The van der Waals surface area contributed by atoms with Crippen LogP contribution in [0.25, 0.3) is 0 Å². The number of methoxy groups -OCH3 is 2. The summed E-state index contributed by atoms with van der Waals surface area (Å²) in [6, 6.07) is 6.43. The second-order valence-electron chi connectivity index (χ2n) is 7.29. The quantitative estimate of drug-likeness (QED) is 0.778. The maximum Gasteiger partial charge on any atom is 0.311 e. The Morgan fingerprint density at radius 1 is 1.23 bits per heavy atom. The van der Waals surface area contributed by atoms with Crippen molar-refractivity contribution in [1.29, 1.82) is 0 Å². The molecule has 1 fully saturated rings. The number of carbonyl (C=O) groups is 1. The summed E-state index contributed by atoms with van der Waals surface area (Å²) in [5, 5.41) is 0. The topological polar surface area (TPSA) is 35.5 Å². The Bertz CT molecular complexity index is 594. The summed E-state index contributed by atoms with van der Waals surface area (Å²) in [7, 11) is 3.23. The van der Waals surface area contributed by atoms with Gasteiger partial charge in [0.15, 0.2) is 0 Å². The maximum atomic E-state index is 12.5. The van der Waals surface area contributed by atoms with Crippen LogP contribution in [0.4, 0.5) is 0 Å². The van der Waals surface area contributed by atoms with Crippen molar-refractivity contribution in [3.8, 4) is 5.75 Å². The molecule has 0 saturated heterocycles. The van der Waals surface area contributed by atoms with Crippen molar-refractivity contribution in [1.82, 2.24) is 0 Å². The number of fused-ring (bicyclic) bond motifs is 3. The Labute approximate surface area is 133 Å². The molecule has 0 amide bonds. The molecule has 0 aliphatic heterocycles. The average Bonchev–Trinajstić information content (AvgIpc) is 2.53. The van der Waals surface area contributed by atoms with Crippen molar-refractivity contribution in [2.45, 2.75) is 51.4 Å². The van der Waals surface area contributed by atoms with Crippen LogP contribution in [0.15, 0.2) is 18.2 Å². The molecule has 1 aromatic rings. The molecule has 0 N–H and O–H groups in total. The number of carbonyl (C=O) groups excluding carboxylic acids is 1. The average molecular weight is 302 g/mol. The van der Waals surface area contributed by atoms with E-state index in [9.17, 15) is 4.79 Å². The van der Waals surface area contributed by atoms with E-state index in [0.29, 0.717) is 5.92 Å². The lowest BCUT2D eigenvalue weighted by molar-refractivity contribution is -0.161. The molecule has 3 heteroatoms. The smallest absolute Gasteiger partial charge is 0.311 e. The minimum atomic E-state index is -0.362. The van der Waals surface area contributed by atoms with Gasteiger partial charge in [0.25, 0.3) is 0 Å². The molecule has 0 aromatic heterocycles. The molecular formula is C19H26O3. The number of rotatable bonds is 2. The number of hydrogen-bond donors (Lipinski definition) is 0. The van der Waals surface area contributed by atoms with Crippen LogP contribution in [-0.2, 0) is 21.4 Å². The Balaban J connectivity index is 2.06. The van der Waals surface area contributed by atoms with E-state index in [1.54, 1.807) is 7.11 Å². The Hall–Kier alpha value is -1.51. The highest BCUT2D eigenvalue weighted by Gasteiger charge is 2.55. The van der Waals surface area contributed by atoms with E-state index in [-0.39, 0.29) is 16.8 Å². The molecule has 3 nitrogen and oxygen atoms in total. The van der Waals surface area contributed by atoms with Crippen LogP contribution in [0.2, 0.25) is 0 Å².